The van der Waals surface area contributed by atoms with E-state index >= 15 is 0 Å². The molecule has 0 atom stereocenters. The van der Waals surface area contributed by atoms with E-state index < -0.39 is 0 Å². The quantitative estimate of drug-likeness (QED) is 0.192. The molecule has 5 nitrogen and oxygen atoms in total. The largest absolute Gasteiger partial charge is 0.309 e. The second-order valence-corrected chi connectivity index (χ2v) is 12.6. The van der Waals surface area contributed by atoms with Crippen LogP contribution in [0.3, 0.4) is 0 Å². The standard InChI is InChI=1S/C45H27N5/c46-26-29-20-22-43-38(24-29)45-31(27-47)10-9-19-44(45)50(43)40-16-6-3-13-35(40)34-12-2-1-11-33(34)30-21-23-39(32(25-30)28-48)49-41-17-7-4-14-36(41)37-15-5-8-18-42(37)49/h1-2,4-12,14-25H,3,13H2. The van der Waals surface area contributed by atoms with E-state index in [1.54, 1.807) is 0 Å². The maximum Gasteiger partial charge on any atom is 0.101 e. The number of benzene rings is 6. The Labute approximate surface area is 288 Å². The predicted octanol–water partition coefficient (Wildman–Crippen LogP) is 10.9. The fourth-order valence-corrected chi connectivity index (χ4v) is 7.79. The smallest absolute Gasteiger partial charge is 0.101 e. The third-order valence-corrected chi connectivity index (χ3v) is 9.93. The van der Waals surface area contributed by atoms with Crippen LogP contribution in [-0.2, 0) is 0 Å². The van der Waals surface area contributed by atoms with Gasteiger partial charge in [-0.15, -0.1) is 0 Å². The summed E-state index contributed by atoms with van der Waals surface area (Å²) in [6.07, 6.45) is 6.09. The first-order chi connectivity index (χ1) is 24.7. The van der Waals surface area contributed by atoms with E-state index in [-0.39, 0.29) is 0 Å². The van der Waals surface area contributed by atoms with Gasteiger partial charge >= 0.3 is 0 Å². The van der Waals surface area contributed by atoms with Crippen LogP contribution in [0.4, 0.5) is 0 Å². The first-order valence-electron chi connectivity index (χ1n) is 16.6. The van der Waals surface area contributed by atoms with Gasteiger partial charge in [-0.3, -0.25) is 0 Å². The van der Waals surface area contributed by atoms with E-state index in [2.05, 4.69) is 106 Å². The molecule has 0 spiro atoms. The Morgan fingerprint density at radius 3 is 1.94 bits per heavy atom. The van der Waals surface area contributed by atoms with E-state index in [1.165, 1.54) is 5.57 Å². The number of nitrogens with zero attached hydrogens (tertiary/aromatic N) is 5. The summed E-state index contributed by atoms with van der Waals surface area (Å²) in [5.74, 6) is 0. The summed E-state index contributed by atoms with van der Waals surface area (Å²) in [6.45, 7) is 0. The molecule has 5 heteroatoms. The molecule has 0 bridgehead atoms. The van der Waals surface area contributed by atoms with E-state index in [9.17, 15) is 15.8 Å². The Balaban J connectivity index is 1.26. The molecule has 1 aliphatic rings. The van der Waals surface area contributed by atoms with Gasteiger partial charge in [0.2, 0.25) is 0 Å². The maximum atomic E-state index is 10.6. The molecule has 50 heavy (non-hydrogen) atoms. The lowest BCUT2D eigenvalue weighted by molar-refractivity contribution is 1.04. The van der Waals surface area contributed by atoms with Gasteiger partial charge in [0.15, 0.2) is 0 Å². The average molecular weight is 638 g/mol. The van der Waals surface area contributed by atoms with Gasteiger partial charge in [-0.25, -0.2) is 0 Å². The number of aromatic nitrogens is 2. The van der Waals surface area contributed by atoms with Crippen LogP contribution in [-0.4, -0.2) is 9.13 Å². The van der Waals surface area contributed by atoms with E-state index in [1.807, 2.05) is 60.7 Å². The second-order valence-electron chi connectivity index (χ2n) is 12.6. The molecule has 0 unspecified atom stereocenters. The fourth-order valence-electron chi connectivity index (χ4n) is 7.79. The number of allylic oxidation sites excluding steroid dienone is 4. The molecule has 9 rings (SSSR count). The summed E-state index contributed by atoms with van der Waals surface area (Å²) < 4.78 is 4.43. The maximum absolute atomic E-state index is 10.6. The SMILES string of the molecule is N#Cc1ccc2c(c1)c1c(C#N)cccc1n2C1=C(c2ccccc2-c2ccc(-n3c4ccccc4c4ccccc43)c(C#N)c2)CCC=C1. The summed E-state index contributed by atoms with van der Waals surface area (Å²) in [6, 6.07) is 50.0. The van der Waals surface area contributed by atoms with Crippen molar-refractivity contribution in [2.24, 2.45) is 0 Å². The first-order valence-corrected chi connectivity index (χ1v) is 16.6. The normalized spacial score (nSPS) is 12.8. The third kappa shape index (κ3) is 4.30. The molecule has 6 aromatic carbocycles. The molecule has 0 saturated carbocycles. The number of hydrogen-bond acceptors (Lipinski definition) is 3. The average Bonchev–Trinajstić information content (AvgIpc) is 3.70. The van der Waals surface area contributed by atoms with Crippen molar-refractivity contribution in [3.63, 3.8) is 0 Å². The van der Waals surface area contributed by atoms with Crippen molar-refractivity contribution in [2.45, 2.75) is 12.8 Å². The van der Waals surface area contributed by atoms with Gasteiger partial charge in [0.1, 0.15) is 6.07 Å². The molecule has 0 aliphatic heterocycles. The minimum absolute atomic E-state index is 0.556. The van der Waals surface area contributed by atoms with Crippen molar-refractivity contribution in [2.75, 3.05) is 0 Å². The highest BCUT2D eigenvalue weighted by Gasteiger charge is 2.22. The van der Waals surface area contributed by atoms with Crippen molar-refractivity contribution in [3.05, 3.63) is 162 Å². The van der Waals surface area contributed by atoms with Gasteiger partial charge in [0, 0.05) is 27.2 Å². The first kappa shape index (κ1) is 29.0. The lowest BCUT2D eigenvalue weighted by Crippen LogP contribution is -2.04. The van der Waals surface area contributed by atoms with Crippen molar-refractivity contribution >= 4 is 54.9 Å². The number of hydrogen-bond donors (Lipinski definition) is 0. The van der Waals surface area contributed by atoms with Crippen LogP contribution < -0.4 is 0 Å². The van der Waals surface area contributed by atoms with E-state index in [0.29, 0.717) is 16.7 Å². The minimum Gasteiger partial charge on any atom is -0.309 e. The van der Waals surface area contributed by atoms with Crippen LogP contribution in [0.15, 0.2) is 140 Å². The Hall–Kier alpha value is -7.13. The van der Waals surface area contributed by atoms with Crippen molar-refractivity contribution in [1.82, 2.24) is 9.13 Å². The second kappa shape index (κ2) is 11.5. The predicted molar refractivity (Wildman–Crippen MR) is 201 cm³/mol. The minimum atomic E-state index is 0.556. The summed E-state index contributed by atoms with van der Waals surface area (Å²) >= 11 is 0. The number of nitriles is 3. The molecule has 2 aromatic heterocycles. The van der Waals surface area contributed by atoms with Gasteiger partial charge in [-0.1, -0.05) is 78.9 Å². The Morgan fingerprint density at radius 2 is 1.20 bits per heavy atom. The summed E-state index contributed by atoms with van der Waals surface area (Å²) in [5, 5.41) is 34.4. The van der Waals surface area contributed by atoms with Gasteiger partial charge in [0.25, 0.3) is 0 Å². The third-order valence-electron chi connectivity index (χ3n) is 9.93. The highest BCUT2D eigenvalue weighted by atomic mass is 15.0. The highest BCUT2D eigenvalue weighted by Crippen LogP contribution is 2.42. The van der Waals surface area contributed by atoms with E-state index in [0.717, 1.165) is 84.5 Å². The highest BCUT2D eigenvalue weighted by molar-refractivity contribution is 6.15. The zero-order valence-electron chi connectivity index (χ0n) is 26.9. The monoisotopic (exact) mass is 637 g/mol. The van der Waals surface area contributed by atoms with Crippen molar-refractivity contribution < 1.29 is 0 Å². The van der Waals surface area contributed by atoms with Crippen LogP contribution in [0.5, 0.6) is 0 Å². The van der Waals surface area contributed by atoms with Crippen molar-refractivity contribution in [1.29, 1.82) is 15.8 Å². The van der Waals surface area contributed by atoms with Gasteiger partial charge in [0.05, 0.1) is 56.6 Å². The van der Waals surface area contributed by atoms with Gasteiger partial charge < -0.3 is 9.13 Å². The number of fused-ring (bicyclic) bond motifs is 6. The van der Waals surface area contributed by atoms with E-state index in [4.69, 9.17) is 0 Å². The molecule has 0 radical (unpaired) electrons. The number of para-hydroxylation sites is 2. The molecule has 1 aliphatic carbocycles. The van der Waals surface area contributed by atoms with Crippen LogP contribution in [0.1, 0.15) is 35.1 Å². The number of rotatable bonds is 4. The molecule has 232 valence electrons. The molecule has 0 amide bonds. The lowest BCUT2D eigenvalue weighted by Gasteiger charge is -2.22. The molecule has 0 fully saturated rings. The topological polar surface area (TPSA) is 81.2 Å². The van der Waals surface area contributed by atoms with Gasteiger partial charge in [-0.2, -0.15) is 15.8 Å². The zero-order valence-corrected chi connectivity index (χ0v) is 26.9. The van der Waals surface area contributed by atoms with Crippen LogP contribution in [0.25, 0.3) is 71.7 Å². The Bertz CT molecular complexity index is 2860. The Kier molecular flexibility index (Phi) is 6.70. The Morgan fingerprint density at radius 1 is 0.520 bits per heavy atom. The van der Waals surface area contributed by atoms with Crippen molar-refractivity contribution in [3.8, 4) is 35.0 Å². The van der Waals surface area contributed by atoms with Gasteiger partial charge in [-0.05, 0) is 95.8 Å². The van der Waals surface area contributed by atoms with Crippen LogP contribution >= 0.6 is 0 Å². The van der Waals surface area contributed by atoms with Crippen LogP contribution in [0.2, 0.25) is 0 Å². The fraction of sp³-hybridized carbons (Fsp3) is 0.0444. The summed E-state index contributed by atoms with van der Waals surface area (Å²) in [5.41, 5.74) is 11.9. The molecular weight excluding hydrogens is 611 g/mol. The molecular formula is C45H27N5. The zero-order chi connectivity index (χ0) is 33.8. The molecule has 0 N–H and O–H groups in total. The summed E-state index contributed by atoms with van der Waals surface area (Å²) in [4.78, 5) is 0. The molecule has 0 saturated heterocycles. The summed E-state index contributed by atoms with van der Waals surface area (Å²) in [7, 11) is 0. The molecule has 8 aromatic rings. The van der Waals surface area contributed by atoms with Crippen LogP contribution in [0, 0.1) is 34.0 Å². The molecule has 2 heterocycles. The lowest BCUT2D eigenvalue weighted by atomic mass is 9.88.